The molecule has 1 fully saturated rings. The minimum absolute atomic E-state index is 0.0927. The van der Waals surface area contributed by atoms with Gasteiger partial charge in [0.05, 0.1) is 18.3 Å². The predicted octanol–water partition coefficient (Wildman–Crippen LogP) is 5.78. The van der Waals surface area contributed by atoms with E-state index in [1.54, 1.807) is 25.1 Å². The molecule has 0 amide bonds. The Balaban J connectivity index is 2.18. The van der Waals surface area contributed by atoms with Crippen molar-refractivity contribution >= 4 is 0 Å². The first-order valence-electron chi connectivity index (χ1n) is 8.54. The van der Waals surface area contributed by atoms with Crippen LogP contribution >= 0.6 is 0 Å². The summed E-state index contributed by atoms with van der Waals surface area (Å²) in [5.41, 5.74) is -0.341. The van der Waals surface area contributed by atoms with E-state index >= 15 is 0 Å². The van der Waals surface area contributed by atoms with E-state index in [9.17, 15) is 13.2 Å². The van der Waals surface area contributed by atoms with Crippen molar-refractivity contribution in [2.75, 3.05) is 13.2 Å². The van der Waals surface area contributed by atoms with E-state index in [4.69, 9.17) is 9.47 Å². The molecule has 0 saturated carbocycles. The zero-order chi connectivity index (χ0) is 17.5. The van der Waals surface area contributed by atoms with Crippen molar-refractivity contribution in [3.05, 3.63) is 41.2 Å². The smallest absolute Gasteiger partial charge is 0.270 e. The summed E-state index contributed by atoms with van der Waals surface area (Å²) in [5.74, 6) is -1.13. The minimum Gasteiger partial charge on any atom is -0.489 e. The first-order chi connectivity index (χ1) is 11.6. The maximum atomic E-state index is 14.7. The monoisotopic (exact) mass is 342 g/mol. The van der Waals surface area contributed by atoms with E-state index in [2.05, 4.69) is 6.92 Å². The molecule has 0 N–H and O–H groups in total. The Bertz CT molecular complexity index is 550. The number of alkyl halides is 2. The Labute approximate surface area is 141 Å². The average molecular weight is 342 g/mol. The molecule has 2 rings (SSSR count). The highest BCUT2D eigenvalue weighted by atomic mass is 19.3. The third kappa shape index (κ3) is 4.53. The Kier molecular flexibility index (Phi) is 7.16. The summed E-state index contributed by atoms with van der Waals surface area (Å²) in [6, 6.07) is 3.00. The van der Waals surface area contributed by atoms with Crippen molar-refractivity contribution in [3.8, 4) is 5.75 Å². The molecule has 0 aromatic heterocycles. The van der Waals surface area contributed by atoms with Crippen molar-refractivity contribution in [2.24, 2.45) is 0 Å². The molecule has 1 aliphatic rings. The molecule has 1 saturated heterocycles. The van der Waals surface area contributed by atoms with Crippen molar-refractivity contribution in [1.82, 2.24) is 0 Å². The van der Waals surface area contributed by atoms with Crippen LogP contribution in [0.15, 0.2) is 24.3 Å². The van der Waals surface area contributed by atoms with Crippen LogP contribution in [0.2, 0.25) is 0 Å². The van der Waals surface area contributed by atoms with Crippen LogP contribution in [0.1, 0.15) is 63.0 Å². The molecule has 2 unspecified atom stereocenters. The van der Waals surface area contributed by atoms with Gasteiger partial charge in [0.2, 0.25) is 0 Å². The maximum Gasteiger partial charge on any atom is 0.270 e. The summed E-state index contributed by atoms with van der Waals surface area (Å²) < 4.78 is 52.4. The number of halogens is 3. The van der Waals surface area contributed by atoms with Gasteiger partial charge in [0.25, 0.3) is 6.43 Å². The molecule has 0 aliphatic carbocycles. The maximum absolute atomic E-state index is 14.7. The molecule has 1 aromatic rings. The molecular formula is C19H25F3O2. The van der Waals surface area contributed by atoms with Gasteiger partial charge in [-0.1, -0.05) is 31.6 Å². The number of allylic oxidation sites excluding steroid dienone is 1. The molecule has 1 aromatic carbocycles. The highest BCUT2D eigenvalue weighted by molar-refractivity contribution is 5.41. The Morgan fingerprint density at radius 1 is 1.33 bits per heavy atom. The lowest BCUT2D eigenvalue weighted by atomic mass is 9.89. The van der Waals surface area contributed by atoms with E-state index in [1.807, 2.05) is 0 Å². The van der Waals surface area contributed by atoms with Crippen LogP contribution in [0, 0.1) is 5.82 Å². The van der Waals surface area contributed by atoms with Crippen LogP contribution in [0.5, 0.6) is 5.75 Å². The van der Waals surface area contributed by atoms with Gasteiger partial charge in [0, 0.05) is 5.92 Å². The molecule has 5 heteroatoms. The van der Waals surface area contributed by atoms with Crippen molar-refractivity contribution in [1.29, 1.82) is 0 Å². The topological polar surface area (TPSA) is 18.5 Å². The van der Waals surface area contributed by atoms with Gasteiger partial charge in [-0.3, -0.25) is 0 Å². The van der Waals surface area contributed by atoms with Crippen LogP contribution in [0.3, 0.4) is 0 Å². The summed E-state index contributed by atoms with van der Waals surface area (Å²) in [6.07, 6.45) is 4.33. The van der Waals surface area contributed by atoms with Gasteiger partial charge in [-0.05, 0) is 37.8 Å². The molecule has 2 nitrogen and oxygen atoms in total. The van der Waals surface area contributed by atoms with E-state index in [-0.39, 0.29) is 24.4 Å². The van der Waals surface area contributed by atoms with E-state index in [1.165, 1.54) is 6.07 Å². The first-order valence-corrected chi connectivity index (χ1v) is 8.54. The largest absolute Gasteiger partial charge is 0.489 e. The number of benzene rings is 1. The molecular weight excluding hydrogens is 317 g/mol. The Hall–Kier alpha value is -1.49. The fourth-order valence-corrected chi connectivity index (χ4v) is 3.07. The minimum atomic E-state index is -2.91. The van der Waals surface area contributed by atoms with Crippen LogP contribution in [-0.4, -0.2) is 19.3 Å². The molecule has 0 bridgehead atoms. The first kappa shape index (κ1) is 18.8. The Morgan fingerprint density at radius 2 is 2.12 bits per heavy atom. The average Bonchev–Trinajstić information content (AvgIpc) is 2.56. The number of hydrogen-bond acceptors (Lipinski definition) is 2. The normalized spacial score (nSPS) is 21.6. The van der Waals surface area contributed by atoms with Gasteiger partial charge in [0.1, 0.15) is 18.2 Å². The highest BCUT2D eigenvalue weighted by Gasteiger charge is 2.29. The van der Waals surface area contributed by atoms with Crippen LogP contribution < -0.4 is 4.74 Å². The van der Waals surface area contributed by atoms with E-state index in [0.717, 1.165) is 25.7 Å². The van der Waals surface area contributed by atoms with Gasteiger partial charge in [-0.25, -0.2) is 13.2 Å². The van der Waals surface area contributed by atoms with Gasteiger partial charge in [0.15, 0.2) is 0 Å². The fourth-order valence-electron chi connectivity index (χ4n) is 3.07. The number of hydrogen-bond donors (Lipinski definition) is 0. The quantitative estimate of drug-likeness (QED) is 0.585. The lowest BCUT2D eigenvalue weighted by Gasteiger charge is -2.30. The lowest BCUT2D eigenvalue weighted by Crippen LogP contribution is -2.25. The van der Waals surface area contributed by atoms with Gasteiger partial charge in [-0.2, -0.15) is 0 Å². The molecule has 0 radical (unpaired) electrons. The molecule has 2 atom stereocenters. The van der Waals surface area contributed by atoms with Crippen LogP contribution in [0.4, 0.5) is 13.2 Å². The number of rotatable bonds is 7. The van der Waals surface area contributed by atoms with Gasteiger partial charge >= 0.3 is 0 Å². The second-order valence-electron chi connectivity index (χ2n) is 6.08. The standard InChI is InChI=1S/C19H25F3O2/c1-3-5-11-23-16-10-9-15(18(20)17(16)19(21)22)13-7-8-14(6-4-2)24-12-13/h3,5,9-10,13-14,19H,4,6-8,11-12H2,1-2H3/b5-3+. The predicted molar refractivity (Wildman–Crippen MR) is 88.3 cm³/mol. The molecule has 24 heavy (non-hydrogen) atoms. The van der Waals surface area contributed by atoms with Gasteiger partial charge < -0.3 is 9.47 Å². The number of ether oxygens (including phenoxy) is 2. The summed E-state index contributed by atoms with van der Waals surface area (Å²) in [7, 11) is 0. The summed E-state index contributed by atoms with van der Waals surface area (Å²) >= 11 is 0. The summed E-state index contributed by atoms with van der Waals surface area (Å²) in [4.78, 5) is 0. The Morgan fingerprint density at radius 3 is 2.71 bits per heavy atom. The highest BCUT2D eigenvalue weighted by Crippen LogP contribution is 2.38. The third-order valence-corrected chi connectivity index (χ3v) is 4.38. The molecule has 134 valence electrons. The summed E-state index contributed by atoms with van der Waals surface area (Å²) in [5, 5.41) is 0. The zero-order valence-corrected chi connectivity index (χ0v) is 14.2. The fraction of sp³-hybridized carbons (Fsp3) is 0.579. The summed E-state index contributed by atoms with van der Waals surface area (Å²) in [6.45, 7) is 4.41. The zero-order valence-electron chi connectivity index (χ0n) is 14.2. The molecule has 1 heterocycles. The van der Waals surface area contributed by atoms with Gasteiger partial charge in [-0.15, -0.1) is 0 Å². The van der Waals surface area contributed by atoms with Crippen molar-refractivity contribution in [3.63, 3.8) is 0 Å². The van der Waals surface area contributed by atoms with Crippen LogP contribution in [-0.2, 0) is 4.74 Å². The SMILES string of the molecule is C/C=C/COc1ccc(C2CCC(CCC)OC2)c(F)c1C(F)F. The second-order valence-corrected chi connectivity index (χ2v) is 6.08. The second kappa shape index (κ2) is 9.11. The molecule has 0 spiro atoms. The lowest BCUT2D eigenvalue weighted by molar-refractivity contribution is -0.00188. The van der Waals surface area contributed by atoms with E-state index < -0.39 is 17.8 Å². The van der Waals surface area contributed by atoms with Crippen molar-refractivity contribution < 1.29 is 22.6 Å². The van der Waals surface area contributed by atoms with Crippen LogP contribution in [0.25, 0.3) is 0 Å². The van der Waals surface area contributed by atoms with E-state index in [0.29, 0.717) is 12.2 Å². The molecule has 1 aliphatic heterocycles. The third-order valence-electron chi connectivity index (χ3n) is 4.38. The van der Waals surface area contributed by atoms with Crippen molar-refractivity contribution in [2.45, 2.75) is 58.0 Å².